The number of nitrogens with zero attached hydrogens (tertiary/aromatic N) is 2. The molecule has 1 aromatic carbocycles. The Morgan fingerprint density at radius 3 is 2.33 bits per heavy atom. The van der Waals surface area contributed by atoms with E-state index in [0.29, 0.717) is 30.6 Å². The minimum Gasteiger partial charge on any atom is -0.444 e. The number of rotatable bonds is 6. The van der Waals surface area contributed by atoms with Crippen LogP contribution in [0.1, 0.15) is 46.5 Å². The predicted octanol–water partition coefficient (Wildman–Crippen LogP) is 2.58. The van der Waals surface area contributed by atoms with Gasteiger partial charge in [-0.25, -0.2) is 4.79 Å². The van der Waals surface area contributed by atoms with Crippen molar-refractivity contribution in [2.75, 3.05) is 42.9 Å². The Morgan fingerprint density at radius 2 is 1.72 bits per heavy atom. The van der Waals surface area contributed by atoms with Crippen LogP contribution in [0.4, 0.5) is 16.2 Å². The van der Waals surface area contributed by atoms with E-state index < -0.39 is 5.60 Å². The van der Waals surface area contributed by atoms with Crippen LogP contribution in [0.5, 0.6) is 0 Å². The second-order valence-electron chi connectivity index (χ2n) is 11.8. The minimum absolute atomic E-state index is 0.197. The molecule has 3 N–H and O–H groups in total. The normalized spacial score (nSPS) is 28.9. The maximum absolute atomic E-state index is 12.0. The number of carbonyl (C=O) groups excluding carboxylic acids is 3. The molecule has 3 aliphatic heterocycles. The maximum atomic E-state index is 12.0. The highest BCUT2D eigenvalue weighted by atomic mass is 16.6. The molecule has 3 heterocycles. The van der Waals surface area contributed by atoms with E-state index in [9.17, 15) is 14.4 Å². The first-order chi connectivity index (χ1) is 17.1. The van der Waals surface area contributed by atoms with Crippen LogP contribution >= 0.6 is 0 Å². The van der Waals surface area contributed by atoms with E-state index >= 15 is 0 Å². The summed E-state index contributed by atoms with van der Waals surface area (Å²) in [5, 5.41) is 8.69. The van der Waals surface area contributed by atoms with Gasteiger partial charge in [0.1, 0.15) is 11.6 Å². The van der Waals surface area contributed by atoms with Crippen LogP contribution in [0, 0.1) is 17.8 Å². The van der Waals surface area contributed by atoms with Crippen LogP contribution in [-0.2, 0) is 14.3 Å². The number of nitrogens with one attached hydrogen (secondary N) is 3. The molecule has 3 amide bonds. The highest BCUT2D eigenvalue weighted by molar-refractivity contribution is 6.01. The molecule has 4 aliphatic rings. The predicted molar refractivity (Wildman–Crippen MR) is 138 cm³/mol. The van der Waals surface area contributed by atoms with Gasteiger partial charge in [-0.15, -0.1) is 0 Å². The van der Waals surface area contributed by atoms with Gasteiger partial charge in [-0.1, -0.05) is 0 Å². The van der Waals surface area contributed by atoms with Gasteiger partial charge < -0.3 is 25.2 Å². The molecule has 5 rings (SSSR count). The molecule has 196 valence electrons. The number of fused-ring (bicyclic) bond motifs is 1. The van der Waals surface area contributed by atoms with E-state index in [1.165, 1.54) is 18.5 Å². The van der Waals surface area contributed by atoms with Crippen molar-refractivity contribution in [2.45, 2.75) is 64.1 Å². The van der Waals surface area contributed by atoms with Crippen molar-refractivity contribution in [1.82, 2.24) is 15.5 Å². The van der Waals surface area contributed by atoms with E-state index in [2.05, 4.69) is 37.9 Å². The van der Waals surface area contributed by atoms with Crippen molar-refractivity contribution in [3.8, 4) is 0 Å². The highest BCUT2D eigenvalue weighted by Gasteiger charge is 2.56. The van der Waals surface area contributed by atoms with Crippen LogP contribution in [0.2, 0.25) is 0 Å². The molecule has 9 heteroatoms. The fourth-order valence-electron chi connectivity index (χ4n) is 5.96. The Morgan fingerprint density at radius 1 is 1.06 bits per heavy atom. The zero-order valence-electron chi connectivity index (χ0n) is 21.6. The van der Waals surface area contributed by atoms with Crippen molar-refractivity contribution in [1.29, 1.82) is 0 Å². The van der Waals surface area contributed by atoms with Gasteiger partial charge in [0.2, 0.25) is 11.8 Å². The second kappa shape index (κ2) is 9.92. The Bertz CT molecular complexity index is 971. The molecule has 9 nitrogen and oxygen atoms in total. The highest BCUT2D eigenvalue weighted by Crippen LogP contribution is 2.46. The number of ether oxygens (including phenoxy) is 1. The molecule has 1 saturated carbocycles. The van der Waals surface area contributed by atoms with E-state index in [0.717, 1.165) is 38.4 Å². The van der Waals surface area contributed by atoms with Gasteiger partial charge in [-0.3, -0.25) is 14.9 Å². The number of anilines is 2. The van der Waals surface area contributed by atoms with E-state index in [-0.39, 0.29) is 30.0 Å². The molecular formula is C27H39N5O4. The first-order valence-corrected chi connectivity index (χ1v) is 13.3. The van der Waals surface area contributed by atoms with Crippen LogP contribution in [0.3, 0.4) is 0 Å². The van der Waals surface area contributed by atoms with Gasteiger partial charge >= 0.3 is 6.09 Å². The summed E-state index contributed by atoms with van der Waals surface area (Å²) >= 11 is 0. The number of hydrogen-bond donors (Lipinski definition) is 3. The Hall–Kier alpha value is -2.81. The zero-order chi connectivity index (χ0) is 25.4. The van der Waals surface area contributed by atoms with Crippen LogP contribution < -0.4 is 20.9 Å². The number of carbonyl (C=O) groups is 3. The van der Waals surface area contributed by atoms with Gasteiger partial charge in [0.05, 0.1) is 0 Å². The summed E-state index contributed by atoms with van der Waals surface area (Å²) in [5.41, 5.74) is 1.65. The standard InChI is InChI=1S/C27H39N5O4/c1-27(2,3)36-26(35)30-24-20-15-31(16-21(20)24)14-17-10-12-32(13-11-17)19-6-4-18(5-7-19)28-22-8-9-23(33)29-25(22)34/h4-7,17,20-22,24,28H,8-16H2,1-3H3,(H,30,35)(H,29,33,34)/t20-,21+,22?,24?. The van der Waals surface area contributed by atoms with E-state index in [1.54, 1.807) is 0 Å². The molecule has 1 aromatic rings. The monoisotopic (exact) mass is 497 g/mol. The minimum atomic E-state index is -0.455. The smallest absolute Gasteiger partial charge is 0.407 e. The summed E-state index contributed by atoms with van der Waals surface area (Å²) in [7, 11) is 0. The lowest BCUT2D eigenvalue weighted by atomic mass is 9.95. The summed E-state index contributed by atoms with van der Waals surface area (Å²) in [5.74, 6) is 1.42. The third-order valence-electron chi connectivity index (χ3n) is 7.90. The molecule has 36 heavy (non-hydrogen) atoms. The topological polar surface area (TPSA) is 103 Å². The average molecular weight is 498 g/mol. The van der Waals surface area contributed by atoms with Crippen LogP contribution in [0.25, 0.3) is 0 Å². The Labute approximate surface area is 213 Å². The number of hydrogen-bond acceptors (Lipinski definition) is 7. The van der Waals surface area contributed by atoms with Crippen LogP contribution in [0.15, 0.2) is 24.3 Å². The number of likely N-dealkylation sites (tertiary alicyclic amines) is 1. The van der Waals surface area contributed by atoms with Crippen molar-refractivity contribution < 1.29 is 19.1 Å². The van der Waals surface area contributed by atoms with Gasteiger partial charge in [-0.2, -0.15) is 0 Å². The van der Waals surface area contributed by atoms with Gasteiger partial charge in [0.15, 0.2) is 0 Å². The molecule has 4 fully saturated rings. The summed E-state index contributed by atoms with van der Waals surface area (Å²) in [6.07, 6.45) is 2.97. The molecule has 0 radical (unpaired) electrons. The number of imide groups is 1. The van der Waals surface area contributed by atoms with Gasteiger partial charge in [0, 0.05) is 56.6 Å². The largest absolute Gasteiger partial charge is 0.444 e. The number of piperidine rings is 3. The van der Waals surface area contributed by atoms with Crippen molar-refractivity contribution in [2.24, 2.45) is 17.8 Å². The summed E-state index contributed by atoms with van der Waals surface area (Å²) in [6, 6.07) is 8.18. The lowest BCUT2D eigenvalue weighted by Gasteiger charge is -2.36. The lowest BCUT2D eigenvalue weighted by Crippen LogP contribution is -2.47. The van der Waals surface area contributed by atoms with Crippen molar-refractivity contribution in [3.05, 3.63) is 24.3 Å². The molecular weight excluding hydrogens is 458 g/mol. The van der Waals surface area contributed by atoms with Gasteiger partial charge in [0.25, 0.3) is 0 Å². The molecule has 3 saturated heterocycles. The fraction of sp³-hybridized carbons (Fsp3) is 0.667. The number of benzene rings is 1. The Balaban J connectivity index is 1.01. The Kier molecular flexibility index (Phi) is 6.85. The molecule has 0 spiro atoms. The zero-order valence-corrected chi connectivity index (χ0v) is 21.6. The SMILES string of the molecule is CC(C)(C)OC(=O)NC1[C@H]2CN(CC3CCN(c4ccc(NC5CCC(=O)NC5=O)cc4)CC3)C[C@@H]12. The van der Waals surface area contributed by atoms with Crippen molar-refractivity contribution in [3.63, 3.8) is 0 Å². The second-order valence-corrected chi connectivity index (χ2v) is 11.8. The lowest BCUT2D eigenvalue weighted by molar-refractivity contribution is -0.133. The van der Waals surface area contributed by atoms with E-state index in [1.807, 2.05) is 32.9 Å². The molecule has 0 aromatic heterocycles. The summed E-state index contributed by atoms with van der Waals surface area (Å²) in [6.45, 7) is 11.1. The van der Waals surface area contributed by atoms with Crippen LogP contribution in [-0.4, -0.2) is 73.2 Å². The summed E-state index contributed by atoms with van der Waals surface area (Å²) < 4.78 is 5.40. The van der Waals surface area contributed by atoms with E-state index in [4.69, 9.17) is 4.74 Å². The molecule has 0 bridgehead atoms. The first kappa shape index (κ1) is 24.9. The number of alkyl carbamates (subject to hydrolysis) is 1. The fourth-order valence-corrected chi connectivity index (χ4v) is 5.96. The first-order valence-electron chi connectivity index (χ1n) is 13.3. The quantitative estimate of drug-likeness (QED) is 0.519. The van der Waals surface area contributed by atoms with Crippen molar-refractivity contribution >= 4 is 29.3 Å². The average Bonchev–Trinajstić information content (AvgIpc) is 3.24. The number of amides is 3. The third-order valence-corrected chi connectivity index (χ3v) is 7.90. The van der Waals surface area contributed by atoms with Gasteiger partial charge in [-0.05, 0) is 82.1 Å². The maximum Gasteiger partial charge on any atom is 0.407 e. The molecule has 4 atom stereocenters. The molecule has 2 unspecified atom stereocenters. The molecule has 1 aliphatic carbocycles. The third kappa shape index (κ3) is 5.94. The summed E-state index contributed by atoms with van der Waals surface area (Å²) in [4.78, 5) is 40.4.